The first-order valence-electron chi connectivity index (χ1n) is 19.7. The van der Waals surface area contributed by atoms with Gasteiger partial charge < -0.3 is 29.7 Å². The summed E-state index contributed by atoms with van der Waals surface area (Å²) in [7, 11) is 0. The van der Waals surface area contributed by atoms with Crippen LogP contribution in [0.1, 0.15) is 57.4 Å². The summed E-state index contributed by atoms with van der Waals surface area (Å²) >= 11 is 0. The first kappa shape index (κ1) is 33.7. The number of piperidine rings is 1. The van der Waals surface area contributed by atoms with Gasteiger partial charge in [-0.2, -0.15) is 9.97 Å². The van der Waals surface area contributed by atoms with Crippen LogP contribution in [-0.4, -0.2) is 107 Å². The number of fused-ring (bicyclic) bond motifs is 7. The van der Waals surface area contributed by atoms with Gasteiger partial charge in [0.05, 0.1) is 22.5 Å². The van der Waals surface area contributed by atoms with Crippen molar-refractivity contribution in [2.24, 2.45) is 5.92 Å². The average Bonchev–Trinajstić information content (AvgIpc) is 3.75. The Morgan fingerprint density at radius 2 is 1.89 bits per heavy atom. The lowest BCUT2D eigenvalue weighted by molar-refractivity contribution is 0.107. The lowest BCUT2D eigenvalue weighted by Gasteiger charge is -2.40. The Labute approximate surface area is 307 Å². The van der Waals surface area contributed by atoms with E-state index in [4.69, 9.17) is 19.4 Å². The molecule has 280 valence electrons. The first-order chi connectivity index (χ1) is 25.8. The molecular weight excluding hydrogens is 681 g/mol. The third kappa shape index (κ3) is 5.53. The number of aromatic hydroxyl groups is 1. The van der Waals surface area contributed by atoms with E-state index in [1.165, 1.54) is 25.3 Å². The SMILES string of the molecule is CCc1cccc2cc(O)cc(-c3c(F)c4c5c(nc(OCC67CC(F)CN6CC(CN6CCCCC6)C7)nc5c3F)N3CC5CCC(N5)C3CO4)c12. The highest BCUT2D eigenvalue weighted by atomic mass is 19.1. The van der Waals surface area contributed by atoms with Crippen molar-refractivity contribution < 1.29 is 27.8 Å². The number of anilines is 1. The van der Waals surface area contributed by atoms with Gasteiger partial charge in [-0.1, -0.05) is 31.5 Å². The van der Waals surface area contributed by atoms with Gasteiger partial charge in [0, 0.05) is 44.7 Å². The maximum absolute atomic E-state index is 17.4. The Bertz CT molecular complexity index is 2100. The fourth-order valence-corrected chi connectivity index (χ4v) is 10.8. The van der Waals surface area contributed by atoms with Gasteiger partial charge >= 0.3 is 6.01 Å². The summed E-state index contributed by atoms with van der Waals surface area (Å²) < 4.78 is 62.5. The maximum atomic E-state index is 17.4. The van der Waals surface area contributed by atoms with Crippen LogP contribution in [0.25, 0.3) is 32.8 Å². The van der Waals surface area contributed by atoms with Gasteiger partial charge in [-0.25, -0.2) is 13.2 Å². The molecule has 6 atom stereocenters. The molecule has 0 spiro atoms. The number of nitrogens with zero attached hydrogens (tertiary/aromatic N) is 5. The number of likely N-dealkylation sites (tertiary alicyclic amines) is 1. The van der Waals surface area contributed by atoms with Crippen LogP contribution in [0.5, 0.6) is 17.5 Å². The Morgan fingerprint density at radius 3 is 2.74 bits per heavy atom. The van der Waals surface area contributed by atoms with Gasteiger partial charge in [0.25, 0.3) is 0 Å². The molecule has 10 rings (SSSR count). The number of nitrogens with one attached hydrogen (secondary N) is 1. The van der Waals surface area contributed by atoms with Crippen molar-refractivity contribution in [3.05, 3.63) is 47.5 Å². The van der Waals surface area contributed by atoms with Crippen molar-refractivity contribution in [3.63, 3.8) is 0 Å². The van der Waals surface area contributed by atoms with Crippen molar-refractivity contribution in [1.29, 1.82) is 0 Å². The summed E-state index contributed by atoms with van der Waals surface area (Å²) in [6.07, 6.45) is 6.56. The zero-order valence-electron chi connectivity index (χ0n) is 30.2. The molecule has 0 aliphatic carbocycles. The van der Waals surface area contributed by atoms with Gasteiger partial charge in [-0.3, -0.25) is 4.90 Å². The zero-order chi connectivity index (χ0) is 36.0. The highest BCUT2D eigenvalue weighted by Gasteiger charge is 2.53. The number of phenols is 1. The predicted octanol–water partition coefficient (Wildman–Crippen LogP) is 6.37. The minimum atomic E-state index is -0.943. The average molecular weight is 729 g/mol. The fraction of sp³-hybridized carbons (Fsp3) is 0.561. The van der Waals surface area contributed by atoms with Gasteiger partial charge in [0.15, 0.2) is 17.4 Å². The number of piperazine rings is 1. The van der Waals surface area contributed by atoms with E-state index in [0.29, 0.717) is 48.4 Å². The monoisotopic (exact) mass is 728 g/mol. The second-order valence-electron chi connectivity index (χ2n) is 16.5. The first-order valence-corrected chi connectivity index (χ1v) is 19.7. The quantitative estimate of drug-likeness (QED) is 0.226. The fourth-order valence-electron chi connectivity index (χ4n) is 10.8. The molecule has 6 aliphatic rings. The third-order valence-electron chi connectivity index (χ3n) is 13.1. The summed E-state index contributed by atoms with van der Waals surface area (Å²) in [6.45, 7) is 7.41. The summed E-state index contributed by atoms with van der Waals surface area (Å²) in [5, 5.41) is 16.0. The normalized spacial score (nSPS) is 29.7. The Morgan fingerprint density at radius 1 is 1.02 bits per heavy atom. The van der Waals surface area contributed by atoms with Gasteiger partial charge in [-0.05, 0) is 91.6 Å². The Balaban J connectivity index is 1.09. The zero-order valence-corrected chi connectivity index (χ0v) is 30.2. The molecule has 1 aromatic heterocycles. The number of aryl methyl sites for hydroxylation is 1. The highest BCUT2D eigenvalue weighted by Crippen LogP contribution is 2.49. The minimum Gasteiger partial charge on any atom is -0.508 e. The molecule has 7 heterocycles. The number of hydrogen-bond acceptors (Lipinski definition) is 9. The van der Waals surface area contributed by atoms with Crippen LogP contribution < -0.4 is 19.7 Å². The smallest absolute Gasteiger partial charge is 0.319 e. The van der Waals surface area contributed by atoms with Crippen LogP contribution in [0.2, 0.25) is 0 Å². The molecule has 2 N–H and O–H groups in total. The predicted molar refractivity (Wildman–Crippen MR) is 198 cm³/mol. The number of rotatable bonds is 7. The van der Waals surface area contributed by atoms with Gasteiger partial charge in [0.1, 0.15) is 36.5 Å². The van der Waals surface area contributed by atoms with Crippen LogP contribution in [-0.2, 0) is 6.42 Å². The van der Waals surface area contributed by atoms with E-state index in [9.17, 15) is 5.11 Å². The number of hydrogen-bond donors (Lipinski definition) is 2. The number of aromatic nitrogens is 2. The molecule has 2 bridgehead atoms. The van der Waals surface area contributed by atoms with Crippen molar-refractivity contribution in [2.75, 3.05) is 57.4 Å². The summed E-state index contributed by atoms with van der Waals surface area (Å²) in [5.74, 6) is -1.08. The molecule has 0 amide bonds. The molecular formula is C41H47F3N6O3. The van der Waals surface area contributed by atoms with E-state index >= 15 is 13.2 Å². The summed E-state index contributed by atoms with van der Waals surface area (Å²) in [5.41, 5.74) is 0.241. The van der Waals surface area contributed by atoms with Crippen molar-refractivity contribution in [2.45, 2.75) is 88.1 Å². The molecule has 5 saturated heterocycles. The number of phenolic OH excluding ortho intramolecular Hbond substituents is 1. The van der Waals surface area contributed by atoms with E-state index in [2.05, 4.69) is 20.0 Å². The minimum absolute atomic E-state index is 0.00688. The lowest BCUT2D eigenvalue weighted by atomic mass is 9.90. The number of benzene rings is 3. The summed E-state index contributed by atoms with van der Waals surface area (Å²) in [4.78, 5) is 16.6. The standard InChI is InChI=1S/C41H47F3N6O3/c1-2-24-7-6-8-25-13-28(51)14-29(32(24)25)33-35(43)37-34-38(36(33)44)52-21-31-30-10-9-27(45-30)20-50(31)39(34)47-40(46-37)53-22-41-15-23(17-48-11-4-3-5-12-48)18-49(41)19-26(42)16-41/h6-8,13-14,23,26-27,30-31,45,51H,2-5,9-12,15-22H2,1H3. The topological polar surface area (TPSA) is 86.2 Å². The van der Waals surface area contributed by atoms with Crippen molar-refractivity contribution >= 4 is 27.5 Å². The third-order valence-corrected chi connectivity index (χ3v) is 13.1. The van der Waals surface area contributed by atoms with E-state index in [1.54, 1.807) is 6.07 Å². The Kier molecular flexibility index (Phi) is 8.18. The highest BCUT2D eigenvalue weighted by molar-refractivity contribution is 6.05. The molecule has 0 saturated carbocycles. The molecule has 12 heteroatoms. The van der Waals surface area contributed by atoms with E-state index in [0.717, 1.165) is 51.0 Å². The van der Waals surface area contributed by atoms with Crippen molar-refractivity contribution in [3.8, 4) is 28.6 Å². The molecule has 5 fully saturated rings. The summed E-state index contributed by atoms with van der Waals surface area (Å²) in [6, 6.07) is 8.84. The maximum Gasteiger partial charge on any atom is 0.319 e. The van der Waals surface area contributed by atoms with Gasteiger partial charge in [0.2, 0.25) is 0 Å². The van der Waals surface area contributed by atoms with Crippen LogP contribution in [0.15, 0.2) is 30.3 Å². The molecule has 53 heavy (non-hydrogen) atoms. The van der Waals surface area contributed by atoms with E-state index < -0.39 is 23.3 Å². The van der Waals surface area contributed by atoms with E-state index in [1.807, 2.05) is 25.1 Å². The second kappa shape index (κ2) is 12.9. The van der Waals surface area contributed by atoms with Crippen LogP contribution >= 0.6 is 0 Å². The number of halogens is 3. The molecule has 6 aliphatic heterocycles. The van der Waals surface area contributed by atoms with Crippen molar-refractivity contribution in [1.82, 2.24) is 25.1 Å². The van der Waals surface area contributed by atoms with Crippen LogP contribution in [0.4, 0.5) is 19.0 Å². The molecule has 3 aromatic carbocycles. The molecule has 6 unspecified atom stereocenters. The van der Waals surface area contributed by atoms with Gasteiger partial charge in [-0.15, -0.1) is 0 Å². The molecule has 9 nitrogen and oxygen atoms in total. The van der Waals surface area contributed by atoms with Crippen LogP contribution in [0.3, 0.4) is 0 Å². The van der Waals surface area contributed by atoms with Crippen LogP contribution in [0, 0.1) is 17.6 Å². The Hall–Kier alpha value is -3.87. The lowest BCUT2D eigenvalue weighted by Crippen LogP contribution is -2.60. The number of alkyl halides is 1. The molecule has 4 aromatic rings. The molecule has 0 radical (unpaired) electrons. The van der Waals surface area contributed by atoms with E-state index in [-0.39, 0.29) is 70.9 Å². The largest absolute Gasteiger partial charge is 0.508 e. The second-order valence-corrected chi connectivity index (χ2v) is 16.5. The number of ether oxygens (including phenoxy) is 2.